The second kappa shape index (κ2) is 6.15. The molecule has 1 unspecified atom stereocenters. The molecular weight excluding hydrogens is 258 g/mol. The first-order valence-corrected chi connectivity index (χ1v) is 8.15. The lowest BCUT2D eigenvalue weighted by atomic mass is 10.2. The van der Waals surface area contributed by atoms with Gasteiger partial charge in [-0.2, -0.15) is 0 Å². The average Bonchev–Trinajstić information content (AvgIpc) is 3.12. The van der Waals surface area contributed by atoms with Crippen molar-refractivity contribution in [2.75, 3.05) is 38.0 Å². The fraction of sp³-hybridized carbons (Fsp3) is 0.846. The third kappa shape index (κ3) is 3.07. The highest BCUT2D eigenvalue weighted by Crippen LogP contribution is 2.24. The first kappa shape index (κ1) is 13.3. The molecule has 0 aromatic carbocycles. The molecule has 106 valence electrons. The summed E-state index contributed by atoms with van der Waals surface area (Å²) in [6.45, 7) is 9.01. The summed E-state index contributed by atoms with van der Waals surface area (Å²) in [6, 6.07) is 0.775. The number of hydrogen-bond donors (Lipinski definition) is 1. The topological polar surface area (TPSA) is 44.3 Å². The Morgan fingerprint density at radius 2 is 2.16 bits per heavy atom. The molecule has 1 atom stereocenters. The van der Waals surface area contributed by atoms with Crippen molar-refractivity contribution in [3.63, 3.8) is 0 Å². The molecular formula is C13H23N5S. The molecule has 6 heteroatoms. The zero-order valence-electron chi connectivity index (χ0n) is 11.6. The van der Waals surface area contributed by atoms with Gasteiger partial charge in [0, 0.05) is 43.8 Å². The molecule has 19 heavy (non-hydrogen) atoms. The predicted molar refractivity (Wildman–Crippen MR) is 78.6 cm³/mol. The second-order valence-corrected chi connectivity index (χ2v) is 6.25. The van der Waals surface area contributed by atoms with Crippen molar-refractivity contribution < 1.29 is 0 Å². The zero-order valence-corrected chi connectivity index (χ0v) is 12.5. The predicted octanol–water partition coefficient (Wildman–Crippen LogP) is 1.64. The van der Waals surface area contributed by atoms with Crippen LogP contribution < -0.4 is 5.32 Å². The van der Waals surface area contributed by atoms with Crippen molar-refractivity contribution in [1.29, 1.82) is 0 Å². The molecule has 2 saturated heterocycles. The summed E-state index contributed by atoms with van der Waals surface area (Å²) in [6.07, 6.45) is 4.09. The number of nitrogens with one attached hydrogen (secondary N) is 1. The normalized spacial score (nSPS) is 25.2. The molecule has 1 N–H and O–H groups in total. The van der Waals surface area contributed by atoms with Gasteiger partial charge in [-0.15, -0.1) is 5.10 Å². The van der Waals surface area contributed by atoms with Gasteiger partial charge in [0.1, 0.15) is 10.7 Å². The third-order valence-corrected chi connectivity index (χ3v) is 4.90. The smallest absolute Gasteiger partial charge is 0.134 e. The Bertz CT molecular complexity index is 401. The first-order valence-electron chi connectivity index (χ1n) is 7.38. The lowest BCUT2D eigenvalue weighted by molar-refractivity contribution is 0.229. The molecule has 1 aromatic rings. The number of hydrogen-bond acceptors (Lipinski definition) is 6. The van der Waals surface area contributed by atoms with Crippen LogP contribution in [0, 0.1) is 0 Å². The van der Waals surface area contributed by atoms with Crippen LogP contribution in [0.3, 0.4) is 0 Å². The van der Waals surface area contributed by atoms with Crippen molar-refractivity contribution in [3.05, 3.63) is 5.69 Å². The summed E-state index contributed by atoms with van der Waals surface area (Å²) in [4.78, 5) is 5.20. The zero-order chi connectivity index (χ0) is 13.1. The third-order valence-electron chi connectivity index (χ3n) is 4.17. The van der Waals surface area contributed by atoms with Crippen molar-refractivity contribution in [2.24, 2.45) is 0 Å². The van der Waals surface area contributed by atoms with Crippen LogP contribution in [0.15, 0.2) is 0 Å². The highest BCUT2D eigenvalue weighted by molar-refractivity contribution is 7.10. The Balaban J connectivity index is 1.54. The van der Waals surface area contributed by atoms with E-state index in [2.05, 4.69) is 31.6 Å². The number of anilines is 1. The van der Waals surface area contributed by atoms with Gasteiger partial charge in [0.15, 0.2) is 0 Å². The van der Waals surface area contributed by atoms with E-state index in [4.69, 9.17) is 0 Å². The molecule has 2 fully saturated rings. The molecule has 3 heterocycles. The summed E-state index contributed by atoms with van der Waals surface area (Å²) in [5, 5.41) is 8.77. The molecule has 2 aliphatic rings. The molecule has 0 spiro atoms. The molecule has 5 nitrogen and oxygen atoms in total. The number of likely N-dealkylation sites (tertiary alicyclic amines) is 2. The number of nitrogens with zero attached hydrogens (tertiary/aromatic N) is 4. The van der Waals surface area contributed by atoms with Gasteiger partial charge >= 0.3 is 0 Å². The monoisotopic (exact) mass is 281 g/mol. The Hall–Kier alpha value is -0.720. The van der Waals surface area contributed by atoms with Gasteiger partial charge in [0.25, 0.3) is 0 Å². The Labute approximate surface area is 119 Å². The van der Waals surface area contributed by atoms with Crippen molar-refractivity contribution in [3.8, 4) is 0 Å². The Morgan fingerprint density at radius 3 is 2.95 bits per heavy atom. The van der Waals surface area contributed by atoms with E-state index in [-0.39, 0.29) is 0 Å². The Morgan fingerprint density at radius 1 is 1.32 bits per heavy atom. The maximum Gasteiger partial charge on any atom is 0.134 e. The minimum Gasteiger partial charge on any atom is -0.374 e. The summed E-state index contributed by atoms with van der Waals surface area (Å²) < 4.78 is 4.07. The molecule has 1 aromatic heterocycles. The van der Waals surface area contributed by atoms with Crippen molar-refractivity contribution >= 4 is 16.5 Å². The van der Waals surface area contributed by atoms with Crippen LogP contribution in [0.2, 0.25) is 0 Å². The molecule has 3 rings (SSSR count). The van der Waals surface area contributed by atoms with E-state index in [9.17, 15) is 0 Å². The standard InChI is InChI=1S/C13H23N5S/c1-2-14-13-12(15-16-19-13)10-17-8-5-11(9-17)18-6-3-4-7-18/h11,14H,2-10H2,1H3. The highest BCUT2D eigenvalue weighted by Gasteiger charge is 2.29. The highest BCUT2D eigenvalue weighted by atomic mass is 32.1. The molecule has 0 bridgehead atoms. The molecule has 0 saturated carbocycles. The van der Waals surface area contributed by atoms with E-state index in [1.54, 1.807) is 0 Å². The second-order valence-electron chi connectivity index (χ2n) is 5.50. The van der Waals surface area contributed by atoms with Gasteiger partial charge in [-0.1, -0.05) is 4.49 Å². The molecule has 0 amide bonds. The van der Waals surface area contributed by atoms with Crippen LogP contribution >= 0.6 is 11.5 Å². The maximum atomic E-state index is 4.27. The first-order chi connectivity index (χ1) is 9.36. The van der Waals surface area contributed by atoms with E-state index < -0.39 is 0 Å². The molecule has 0 radical (unpaired) electrons. The maximum absolute atomic E-state index is 4.27. The fourth-order valence-electron chi connectivity index (χ4n) is 3.18. The lowest BCUT2D eigenvalue weighted by Crippen LogP contribution is -2.35. The van der Waals surface area contributed by atoms with Crippen LogP contribution in [0.1, 0.15) is 31.9 Å². The van der Waals surface area contributed by atoms with Gasteiger partial charge in [-0.05, 0) is 39.3 Å². The van der Waals surface area contributed by atoms with Crippen LogP contribution in [0.25, 0.3) is 0 Å². The Kier molecular flexibility index (Phi) is 4.30. The average molecular weight is 281 g/mol. The summed E-state index contributed by atoms with van der Waals surface area (Å²) in [5.74, 6) is 0. The van der Waals surface area contributed by atoms with Crippen molar-refractivity contribution in [1.82, 2.24) is 19.4 Å². The van der Waals surface area contributed by atoms with E-state index in [0.717, 1.165) is 29.8 Å². The largest absolute Gasteiger partial charge is 0.374 e. The number of aromatic nitrogens is 2. The quantitative estimate of drug-likeness (QED) is 0.889. The van der Waals surface area contributed by atoms with Gasteiger partial charge < -0.3 is 5.32 Å². The van der Waals surface area contributed by atoms with Gasteiger partial charge in [0.05, 0.1) is 0 Å². The minimum atomic E-state index is 0.775. The summed E-state index contributed by atoms with van der Waals surface area (Å²) in [7, 11) is 0. The van der Waals surface area contributed by atoms with Crippen LogP contribution in [-0.4, -0.2) is 58.2 Å². The van der Waals surface area contributed by atoms with E-state index in [1.165, 1.54) is 57.0 Å². The summed E-state index contributed by atoms with van der Waals surface area (Å²) in [5.41, 5.74) is 1.12. The van der Waals surface area contributed by atoms with Gasteiger partial charge in [0.2, 0.25) is 0 Å². The van der Waals surface area contributed by atoms with E-state index >= 15 is 0 Å². The number of rotatable bonds is 5. The van der Waals surface area contributed by atoms with E-state index in [0.29, 0.717) is 0 Å². The molecule has 0 aliphatic carbocycles. The van der Waals surface area contributed by atoms with Crippen LogP contribution in [0.5, 0.6) is 0 Å². The van der Waals surface area contributed by atoms with E-state index in [1.807, 2.05) is 0 Å². The van der Waals surface area contributed by atoms with Crippen LogP contribution in [-0.2, 0) is 6.54 Å². The molecule has 2 aliphatic heterocycles. The van der Waals surface area contributed by atoms with Gasteiger partial charge in [-0.3, -0.25) is 9.80 Å². The van der Waals surface area contributed by atoms with Crippen molar-refractivity contribution in [2.45, 2.75) is 38.8 Å². The lowest BCUT2D eigenvalue weighted by Gasteiger charge is -2.23. The van der Waals surface area contributed by atoms with Crippen LogP contribution in [0.4, 0.5) is 5.00 Å². The summed E-state index contributed by atoms with van der Waals surface area (Å²) >= 11 is 1.47. The van der Waals surface area contributed by atoms with Gasteiger partial charge in [-0.25, -0.2) is 0 Å². The minimum absolute atomic E-state index is 0.775. The SMILES string of the molecule is CCNc1snnc1CN1CCC(N2CCCC2)C1. The fourth-order valence-corrected chi connectivity index (χ4v) is 3.82.